The minimum absolute atomic E-state index is 0.0144. The van der Waals surface area contributed by atoms with Gasteiger partial charge in [-0.1, -0.05) is 22.9 Å². The zero-order valence-electron chi connectivity index (χ0n) is 9.81. The molecule has 0 aromatic rings. The van der Waals surface area contributed by atoms with Crippen LogP contribution >= 0.6 is 15.9 Å². The van der Waals surface area contributed by atoms with Gasteiger partial charge >= 0.3 is 6.18 Å². The average Bonchev–Trinajstić information content (AvgIpc) is 2.09. The van der Waals surface area contributed by atoms with Gasteiger partial charge in [-0.05, 0) is 13.3 Å². The summed E-state index contributed by atoms with van der Waals surface area (Å²) in [7, 11) is 0. The van der Waals surface area contributed by atoms with Crippen LogP contribution in [-0.4, -0.2) is 36.2 Å². The fourth-order valence-corrected chi connectivity index (χ4v) is 1.81. The summed E-state index contributed by atoms with van der Waals surface area (Å²) in [4.78, 5) is 11.5. The number of ether oxygens (including phenoxy) is 1. The molecule has 7 heteroatoms. The van der Waals surface area contributed by atoms with E-state index in [4.69, 9.17) is 0 Å². The van der Waals surface area contributed by atoms with Crippen LogP contribution in [0.5, 0.6) is 0 Å². The number of hydrogen-bond acceptors (Lipinski definition) is 2. The number of carbonyl (C=O) groups excluding carboxylic acids is 1. The fourth-order valence-electron chi connectivity index (χ4n) is 1.25. The van der Waals surface area contributed by atoms with Gasteiger partial charge in [-0.25, -0.2) is 0 Å². The molecule has 0 aliphatic carbocycles. The Bertz CT molecular complexity index is 234. The predicted octanol–water partition coefficient (Wildman–Crippen LogP) is 2.63. The van der Waals surface area contributed by atoms with Crippen molar-refractivity contribution in [3.8, 4) is 0 Å². The summed E-state index contributed by atoms with van der Waals surface area (Å²) >= 11 is 3.35. The molecule has 0 aliphatic heterocycles. The Morgan fingerprint density at radius 3 is 2.47 bits per heavy atom. The predicted molar refractivity (Wildman–Crippen MR) is 62.1 cm³/mol. The minimum atomic E-state index is -4.34. The van der Waals surface area contributed by atoms with Crippen LogP contribution in [-0.2, 0) is 9.53 Å². The smallest absolute Gasteiger partial charge is 0.372 e. The van der Waals surface area contributed by atoms with Gasteiger partial charge in [0.2, 0.25) is 5.91 Å². The van der Waals surface area contributed by atoms with Crippen LogP contribution in [0.3, 0.4) is 0 Å². The largest absolute Gasteiger partial charge is 0.411 e. The van der Waals surface area contributed by atoms with Gasteiger partial charge in [-0.3, -0.25) is 4.79 Å². The Hall–Kier alpha value is -0.300. The van der Waals surface area contributed by atoms with Crippen molar-refractivity contribution < 1.29 is 22.7 Å². The first-order chi connectivity index (χ1) is 7.70. The Kier molecular flexibility index (Phi) is 7.78. The number of alkyl halides is 4. The van der Waals surface area contributed by atoms with Crippen molar-refractivity contribution in [3.63, 3.8) is 0 Å². The van der Waals surface area contributed by atoms with E-state index in [1.54, 1.807) is 0 Å². The molecule has 0 aromatic heterocycles. The van der Waals surface area contributed by atoms with Crippen LogP contribution in [0.4, 0.5) is 13.2 Å². The molecule has 0 bridgehead atoms. The Labute approximate surface area is 107 Å². The number of halogens is 4. The molecule has 3 nitrogen and oxygen atoms in total. The van der Waals surface area contributed by atoms with Gasteiger partial charge in [0.05, 0.1) is 6.61 Å². The van der Waals surface area contributed by atoms with Crippen LogP contribution in [0.1, 0.15) is 26.7 Å². The first-order valence-corrected chi connectivity index (χ1v) is 6.20. The molecule has 0 aliphatic rings. The lowest BCUT2D eigenvalue weighted by Crippen LogP contribution is -2.34. The summed E-state index contributed by atoms with van der Waals surface area (Å²) in [5, 5.41) is 2.68. The number of amides is 1. The third kappa shape index (κ3) is 12.0. The highest BCUT2D eigenvalue weighted by Crippen LogP contribution is 2.14. The zero-order valence-corrected chi connectivity index (χ0v) is 11.4. The summed E-state index contributed by atoms with van der Waals surface area (Å²) in [5.41, 5.74) is 0. The molecule has 0 aromatic carbocycles. The molecule has 1 amide bonds. The van der Waals surface area contributed by atoms with Crippen molar-refractivity contribution in [2.45, 2.75) is 43.7 Å². The summed E-state index contributed by atoms with van der Waals surface area (Å²) in [6, 6.07) is -0.0144. The highest BCUT2D eigenvalue weighted by Gasteiger charge is 2.27. The van der Waals surface area contributed by atoms with Crippen LogP contribution in [0.2, 0.25) is 0 Å². The molecular weight excluding hydrogens is 303 g/mol. The Balaban J connectivity index is 3.60. The monoisotopic (exact) mass is 319 g/mol. The second kappa shape index (κ2) is 7.92. The maximum absolute atomic E-state index is 11.7. The molecule has 0 spiro atoms. The molecule has 2 unspecified atom stereocenters. The van der Waals surface area contributed by atoms with Crippen molar-refractivity contribution in [1.29, 1.82) is 0 Å². The SMILES string of the molecule is CC(Br)CC(C)NC(=O)CCOCC(F)(F)F. The van der Waals surface area contributed by atoms with Crippen LogP contribution in [0.15, 0.2) is 0 Å². The molecule has 0 saturated carbocycles. The fraction of sp³-hybridized carbons (Fsp3) is 0.900. The second-order valence-electron chi connectivity index (χ2n) is 3.90. The first kappa shape index (κ1) is 16.7. The highest BCUT2D eigenvalue weighted by atomic mass is 79.9. The van der Waals surface area contributed by atoms with E-state index in [2.05, 4.69) is 26.0 Å². The lowest BCUT2D eigenvalue weighted by Gasteiger charge is -2.15. The lowest BCUT2D eigenvalue weighted by molar-refractivity contribution is -0.174. The van der Waals surface area contributed by atoms with Crippen LogP contribution < -0.4 is 5.32 Å². The highest BCUT2D eigenvalue weighted by molar-refractivity contribution is 9.09. The number of rotatable bonds is 7. The van der Waals surface area contributed by atoms with Crippen molar-refractivity contribution in [2.75, 3.05) is 13.2 Å². The van der Waals surface area contributed by atoms with E-state index >= 15 is 0 Å². The van der Waals surface area contributed by atoms with E-state index in [0.29, 0.717) is 0 Å². The van der Waals surface area contributed by atoms with E-state index in [9.17, 15) is 18.0 Å². The first-order valence-electron chi connectivity index (χ1n) is 5.28. The average molecular weight is 320 g/mol. The molecule has 0 saturated heterocycles. The van der Waals surface area contributed by atoms with Gasteiger partial charge in [0, 0.05) is 17.3 Å². The summed E-state index contributed by atoms with van der Waals surface area (Å²) in [5.74, 6) is -0.298. The second-order valence-corrected chi connectivity index (χ2v) is 5.47. The molecule has 102 valence electrons. The van der Waals surface area contributed by atoms with Gasteiger partial charge in [0.15, 0.2) is 0 Å². The van der Waals surface area contributed by atoms with E-state index < -0.39 is 12.8 Å². The molecule has 0 heterocycles. The van der Waals surface area contributed by atoms with Gasteiger partial charge in [-0.15, -0.1) is 0 Å². The Morgan fingerprint density at radius 1 is 1.41 bits per heavy atom. The lowest BCUT2D eigenvalue weighted by atomic mass is 10.2. The van der Waals surface area contributed by atoms with E-state index in [1.807, 2.05) is 13.8 Å². The molecule has 0 fully saturated rings. The Morgan fingerprint density at radius 2 is 2.00 bits per heavy atom. The maximum atomic E-state index is 11.7. The van der Waals surface area contributed by atoms with E-state index in [0.717, 1.165) is 6.42 Å². The number of nitrogens with one attached hydrogen (secondary N) is 1. The molecule has 0 rings (SSSR count). The van der Waals surface area contributed by atoms with Crippen molar-refractivity contribution >= 4 is 21.8 Å². The molecule has 17 heavy (non-hydrogen) atoms. The van der Waals surface area contributed by atoms with Gasteiger partial charge < -0.3 is 10.1 Å². The maximum Gasteiger partial charge on any atom is 0.411 e. The molecule has 2 atom stereocenters. The molecular formula is C10H17BrF3NO2. The third-order valence-corrected chi connectivity index (χ3v) is 2.20. The topological polar surface area (TPSA) is 38.3 Å². The van der Waals surface area contributed by atoms with E-state index in [1.165, 1.54) is 0 Å². The summed E-state index contributed by atoms with van der Waals surface area (Å²) in [6.45, 7) is 2.26. The van der Waals surface area contributed by atoms with Gasteiger partial charge in [-0.2, -0.15) is 13.2 Å². The van der Waals surface area contributed by atoms with Gasteiger partial charge in [0.1, 0.15) is 6.61 Å². The number of hydrogen-bond donors (Lipinski definition) is 1. The molecule has 0 radical (unpaired) electrons. The summed E-state index contributed by atoms with van der Waals surface area (Å²) in [6.07, 6.45) is -3.64. The minimum Gasteiger partial charge on any atom is -0.372 e. The van der Waals surface area contributed by atoms with E-state index in [-0.39, 0.29) is 29.8 Å². The van der Waals surface area contributed by atoms with Gasteiger partial charge in [0.25, 0.3) is 0 Å². The van der Waals surface area contributed by atoms with Crippen LogP contribution in [0.25, 0.3) is 0 Å². The van der Waals surface area contributed by atoms with Crippen molar-refractivity contribution in [1.82, 2.24) is 5.32 Å². The standard InChI is InChI=1S/C10H17BrF3NO2/c1-7(11)5-8(2)15-9(16)3-4-17-6-10(12,13)14/h7-8H,3-6H2,1-2H3,(H,15,16). The van der Waals surface area contributed by atoms with Crippen molar-refractivity contribution in [3.05, 3.63) is 0 Å². The number of carbonyl (C=O) groups is 1. The van der Waals surface area contributed by atoms with Crippen molar-refractivity contribution in [2.24, 2.45) is 0 Å². The molecule has 1 N–H and O–H groups in total. The zero-order chi connectivity index (χ0) is 13.5. The quantitative estimate of drug-likeness (QED) is 0.578. The normalized spacial score (nSPS) is 15.4. The summed E-state index contributed by atoms with van der Waals surface area (Å²) < 4.78 is 39.4. The van der Waals surface area contributed by atoms with Crippen LogP contribution in [0, 0.1) is 0 Å². The third-order valence-electron chi connectivity index (χ3n) is 1.82.